The van der Waals surface area contributed by atoms with E-state index in [2.05, 4.69) is 40.8 Å². The number of para-hydroxylation sites is 1. The highest BCUT2D eigenvalue weighted by molar-refractivity contribution is 6.30. The minimum Gasteiger partial charge on any atom is -0.862 e. The average molecular weight is 671 g/mol. The zero-order valence-electron chi connectivity index (χ0n) is 28.2. The molecule has 2 aliphatic heterocycles. The Kier molecular flexibility index (Phi) is 10.8. The number of likely N-dealkylation sites (tertiary alicyclic amines) is 1. The molecule has 3 aromatic carbocycles. The predicted molar refractivity (Wildman–Crippen MR) is 191 cm³/mol. The van der Waals surface area contributed by atoms with Gasteiger partial charge in [0.25, 0.3) is 5.91 Å². The van der Waals surface area contributed by atoms with E-state index in [1.807, 2.05) is 65.7 Å². The number of hydrogen-bond acceptors (Lipinski definition) is 5. The van der Waals surface area contributed by atoms with Gasteiger partial charge in [0.2, 0.25) is 0 Å². The van der Waals surface area contributed by atoms with Gasteiger partial charge in [0.15, 0.2) is 0 Å². The van der Waals surface area contributed by atoms with E-state index in [1.54, 1.807) is 6.07 Å². The highest BCUT2D eigenvalue weighted by Gasteiger charge is 2.35. The quantitative estimate of drug-likeness (QED) is 0.146. The van der Waals surface area contributed by atoms with Crippen molar-refractivity contribution in [2.24, 2.45) is 16.8 Å². The van der Waals surface area contributed by atoms with Crippen LogP contribution in [0.5, 0.6) is 0 Å². The van der Waals surface area contributed by atoms with Crippen molar-refractivity contribution in [1.29, 1.82) is 0 Å². The third-order valence-electron chi connectivity index (χ3n) is 10.5. The topological polar surface area (TPSA) is 78.0 Å². The molecule has 1 fully saturated rings. The predicted octanol–water partition coefficient (Wildman–Crippen LogP) is 6.48. The van der Waals surface area contributed by atoms with E-state index in [0.29, 0.717) is 36.9 Å². The summed E-state index contributed by atoms with van der Waals surface area (Å²) in [7, 11) is 4.12. The largest absolute Gasteiger partial charge is 0.862 e. The normalized spacial score (nSPS) is 19.1. The standard InChI is InChI=1S/C39H47ClFN5O2/c1-26(44(2)3)31-20-29-21-32(40)13-14-37(29)46(25-31)39(48)36(22-30-23-42-35-11-7-5-9-33(30)35)43-38(47)15-12-27-16-18-45(19-17-27)24-28-8-4-6-10-34(28)41/h4-11,13-14,21,23,26-27,31,36,42H,12,15-20,22,24-25H2,1-3H3,(H,43,47)/p-1/t26-,31+,36?/m1/s1. The van der Waals surface area contributed by atoms with Crippen LogP contribution in [0.3, 0.4) is 0 Å². The number of nitrogens with zero attached hydrogens (tertiary/aromatic N) is 4. The van der Waals surface area contributed by atoms with Gasteiger partial charge in [-0.05, 0) is 125 Å². The van der Waals surface area contributed by atoms with E-state index in [9.17, 15) is 14.3 Å². The van der Waals surface area contributed by atoms with Gasteiger partial charge in [0.05, 0.1) is 0 Å². The van der Waals surface area contributed by atoms with Crippen molar-refractivity contribution in [3.8, 4) is 0 Å². The third-order valence-corrected chi connectivity index (χ3v) is 10.7. The first-order valence-electron chi connectivity index (χ1n) is 17.2. The zero-order chi connectivity index (χ0) is 33.8. The molecule has 254 valence electrons. The Morgan fingerprint density at radius 1 is 1.08 bits per heavy atom. The molecule has 2 aliphatic rings. The Morgan fingerprint density at radius 2 is 1.83 bits per heavy atom. The molecule has 9 heteroatoms. The van der Waals surface area contributed by atoms with Crippen molar-refractivity contribution in [2.75, 3.05) is 38.6 Å². The maximum atomic E-state index is 14.6. The minimum absolute atomic E-state index is 0.158. The van der Waals surface area contributed by atoms with Crippen LogP contribution >= 0.6 is 11.6 Å². The number of carbonyl (C=O) groups excluding carboxylic acids is 1. The van der Waals surface area contributed by atoms with Crippen LogP contribution in [0.15, 0.2) is 77.9 Å². The monoisotopic (exact) mass is 670 g/mol. The molecule has 3 atom stereocenters. The van der Waals surface area contributed by atoms with Crippen LogP contribution in [-0.2, 0) is 24.2 Å². The number of nitrogens with one attached hydrogen (secondary N) is 1. The van der Waals surface area contributed by atoms with Crippen molar-refractivity contribution >= 4 is 40.0 Å². The maximum absolute atomic E-state index is 14.6. The molecule has 0 bridgehead atoms. The van der Waals surface area contributed by atoms with E-state index in [-0.39, 0.29) is 29.6 Å². The molecule has 1 N–H and O–H groups in total. The molecule has 0 aliphatic carbocycles. The summed E-state index contributed by atoms with van der Waals surface area (Å²) in [6.07, 6.45) is 6.04. The van der Waals surface area contributed by atoms with Crippen LogP contribution in [0.25, 0.3) is 10.9 Å². The van der Waals surface area contributed by atoms with Crippen LogP contribution in [0, 0.1) is 17.7 Å². The molecule has 6 rings (SSSR count). The van der Waals surface area contributed by atoms with Crippen LogP contribution in [-0.4, -0.2) is 72.4 Å². The summed E-state index contributed by atoms with van der Waals surface area (Å²) in [5.74, 6) is 0.0466. The van der Waals surface area contributed by atoms with E-state index in [0.717, 1.165) is 72.1 Å². The number of hydrogen-bond donors (Lipinski definition) is 1. The number of halogens is 2. The van der Waals surface area contributed by atoms with Crippen molar-refractivity contribution in [3.05, 3.63) is 100 Å². The average Bonchev–Trinajstić information content (AvgIpc) is 3.50. The van der Waals surface area contributed by atoms with Crippen LogP contribution in [0.2, 0.25) is 5.02 Å². The second kappa shape index (κ2) is 15.2. The third kappa shape index (κ3) is 7.94. The van der Waals surface area contributed by atoms with E-state index >= 15 is 0 Å². The maximum Gasteiger partial charge on any atom is 0.252 e. The van der Waals surface area contributed by atoms with Gasteiger partial charge >= 0.3 is 0 Å². The van der Waals surface area contributed by atoms with Crippen LogP contribution < -0.4 is 10.0 Å². The lowest BCUT2D eigenvalue weighted by atomic mass is 9.86. The summed E-state index contributed by atoms with van der Waals surface area (Å²) < 4.78 is 14.2. The Morgan fingerprint density at radius 3 is 2.60 bits per heavy atom. The molecule has 3 heterocycles. The van der Waals surface area contributed by atoms with Crippen molar-refractivity contribution in [2.45, 2.75) is 64.1 Å². The second-order valence-electron chi connectivity index (χ2n) is 13.8. The highest BCUT2D eigenvalue weighted by atomic mass is 35.5. The fraction of sp³-hybridized carbons (Fsp3) is 0.436. The van der Waals surface area contributed by atoms with Gasteiger partial charge < -0.3 is 19.9 Å². The van der Waals surface area contributed by atoms with Gasteiger partial charge in [0, 0.05) is 58.9 Å². The molecule has 1 unspecified atom stereocenters. The molecule has 48 heavy (non-hydrogen) atoms. The first kappa shape index (κ1) is 34.2. The molecule has 1 amide bonds. The van der Waals surface area contributed by atoms with Crippen molar-refractivity contribution in [1.82, 2.24) is 14.8 Å². The van der Waals surface area contributed by atoms with Gasteiger partial charge in [-0.25, -0.2) is 4.39 Å². The van der Waals surface area contributed by atoms with Crippen molar-refractivity contribution in [3.63, 3.8) is 0 Å². The molecular weight excluding hydrogens is 625 g/mol. The van der Waals surface area contributed by atoms with Gasteiger partial charge in [-0.1, -0.05) is 48.0 Å². The van der Waals surface area contributed by atoms with E-state index in [4.69, 9.17) is 11.6 Å². The minimum atomic E-state index is -0.851. The van der Waals surface area contributed by atoms with Gasteiger partial charge in [-0.2, -0.15) is 0 Å². The summed E-state index contributed by atoms with van der Waals surface area (Å²) in [4.78, 5) is 28.9. The summed E-state index contributed by atoms with van der Waals surface area (Å²) >= 11 is 6.43. The lowest BCUT2D eigenvalue weighted by Crippen LogP contribution is -2.50. The number of aromatic nitrogens is 1. The number of aromatic amines is 1. The number of rotatable bonds is 11. The molecular formula is C39H46ClFN5O2-. The fourth-order valence-corrected chi connectivity index (χ4v) is 7.55. The molecule has 1 aromatic heterocycles. The number of benzene rings is 3. The number of piperidine rings is 1. The molecule has 7 nitrogen and oxygen atoms in total. The summed E-state index contributed by atoms with van der Waals surface area (Å²) in [5, 5.41) is 15.2. The Hall–Kier alpha value is -3.72. The number of carbonyl (C=O) groups is 1. The van der Waals surface area contributed by atoms with Crippen LogP contribution in [0.4, 0.5) is 10.1 Å². The number of fused-ring (bicyclic) bond motifs is 2. The van der Waals surface area contributed by atoms with E-state index < -0.39 is 6.04 Å². The molecule has 0 radical (unpaired) electrons. The Labute approximate surface area is 288 Å². The molecule has 0 saturated carbocycles. The Bertz CT molecular complexity index is 1750. The molecule has 0 spiro atoms. The molecule has 4 aromatic rings. The van der Waals surface area contributed by atoms with E-state index in [1.165, 1.54) is 6.07 Å². The van der Waals surface area contributed by atoms with Gasteiger partial charge in [-0.3, -0.25) is 14.7 Å². The van der Waals surface area contributed by atoms with Crippen LogP contribution in [0.1, 0.15) is 49.3 Å². The lowest BCUT2D eigenvalue weighted by molar-refractivity contribution is -0.219. The SMILES string of the molecule is C[C@H]([C@H]1Cc2cc(Cl)ccc2N(C(=O)C(Cc2c[nH]c3ccccc23)N=C([O-])CCC2CCN(Cc3ccccc3F)CC2)C1)N(C)C. The summed E-state index contributed by atoms with van der Waals surface area (Å²) in [6.45, 7) is 5.08. The first-order chi connectivity index (χ1) is 23.2. The smallest absolute Gasteiger partial charge is 0.252 e. The van der Waals surface area contributed by atoms with Crippen molar-refractivity contribution < 1.29 is 14.3 Å². The zero-order valence-corrected chi connectivity index (χ0v) is 28.9. The molecule has 1 saturated heterocycles. The highest BCUT2D eigenvalue weighted by Crippen LogP contribution is 2.35. The summed E-state index contributed by atoms with van der Waals surface area (Å²) in [6, 6.07) is 20.1. The lowest BCUT2D eigenvalue weighted by Gasteiger charge is -2.40. The number of H-pyrrole nitrogens is 1. The number of amides is 1. The van der Waals surface area contributed by atoms with Gasteiger partial charge in [-0.15, -0.1) is 0 Å². The Balaban J connectivity index is 1.19. The first-order valence-corrected chi connectivity index (χ1v) is 17.5. The number of aliphatic imine (C=N–C) groups is 1. The second-order valence-corrected chi connectivity index (χ2v) is 14.3. The fourth-order valence-electron chi connectivity index (χ4n) is 7.36. The van der Waals surface area contributed by atoms with Gasteiger partial charge in [0.1, 0.15) is 11.9 Å². The summed E-state index contributed by atoms with van der Waals surface area (Å²) in [5.41, 5.74) is 4.57. The number of anilines is 1.